The van der Waals surface area contributed by atoms with Gasteiger partial charge in [-0.1, -0.05) is 13.8 Å². The first-order valence-electron chi connectivity index (χ1n) is 4.14. The zero-order valence-electron chi connectivity index (χ0n) is 7.39. The van der Waals surface area contributed by atoms with Crippen LogP contribution in [0.1, 0.15) is 31.7 Å². The molecule has 1 aromatic rings. The zero-order chi connectivity index (χ0) is 8.06. The van der Waals surface area contributed by atoms with Gasteiger partial charge in [0.1, 0.15) is 0 Å². The van der Waals surface area contributed by atoms with E-state index < -0.39 is 0 Å². The number of hydrogen-bond acceptors (Lipinski definition) is 1. The van der Waals surface area contributed by atoms with Gasteiger partial charge in [-0.3, -0.25) is 4.68 Å². The first kappa shape index (κ1) is 6.89. The quantitative estimate of drug-likeness (QED) is 0.552. The lowest BCUT2D eigenvalue weighted by atomic mass is 9.88. The minimum Gasteiger partial charge on any atom is -0.269 e. The third kappa shape index (κ3) is 0.889. The van der Waals surface area contributed by atoms with Gasteiger partial charge in [0.05, 0.1) is 5.69 Å². The van der Waals surface area contributed by atoms with E-state index in [9.17, 15) is 0 Å². The second kappa shape index (κ2) is 1.87. The molecule has 0 radical (unpaired) electrons. The van der Waals surface area contributed by atoms with Crippen molar-refractivity contribution < 1.29 is 0 Å². The van der Waals surface area contributed by atoms with Gasteiger partial charge in [0.2, 0.25) is 0 Å². The molecule has 1 aliphatic heterocycles. The van der Waals surface area contributed by atoms with E-state index in [-0.39, 0.29) is 0 Å². The molecule has 0 bridgehead atoms. The summed E-state index contributed by atoms with van der Waals surface area (Å²) in [6.45, 7) is 7.72. The van der Waals surface area contributed by atoms with Crippen molar-refractivity contribution in [3.05, 3.63) is 17.5 Å². The fraction of sp³-hybridized carbons (Fsp3) is 0.667. The largest absolute Gasteiger partial charge is 0.269 e. The van der Waals surface area contributed by atoms with E-state index >= 15 is 0 Å². The Kier molecular flexibility index (Phi) is 1.17. The van der Waals surface area contributed by atoms with Crippen molar-refractivity contribution in [2.24, 2.45) is 0 Å². The Labute approximate surface area is 67.2 Å². The van der Waals surface area contributed by atoms with Crippen molar-refractivity contribution in [1.82, 2.24) is 9.78 Å². The van der Waals surface area contributed by atoms with Gasteiger partial charge in [0.15, 0.2) is 0 Å². The highest BCUT2D eigenvalue weighted by Crippen LogP contribution is 2.33. The van der Waals surface area contributed by atoms with E-state index in [1.54, 1.807) is 0 Å². The number of fused-ring (bicyclic) bond motifs is 1. The summed E-state index contributed by atoms with van der Waals surface area (Å²) in [4.78, 5) is 0. The number of nitrogens with zero attached hydrogens (tertiary/aromatic N) is 2. The van der Waals surface area contributed by atoms with E-state index in [0.717, 1.165) is 12.2 Å². The zero-order valence-corrected chi connectivity index (χ0v) is 7.39. The van der Waals surface area contributed by atoms with E-state index in [1.807, 2.05) is 0 Å². The van der Waals surface area contributed by atoms with Gasteiger partial charge in [-0.25, -0.2) is 0 Å². The lowest BCUT2D eigenvalue weighted by molar-refractivity contribution is 0.517. The van der Waals surface area contributed by atoms with Crippen molar-refractivity contribution >= 4 is 0 Å². The molecule has 1 aliphatic rings. The van der Waals surface area contributed by atoms with Crippen LogP contribution in [0.25, 0.3) is 0 Å². The Morgan fingerprint density at radius 1 is 1.55 bits per heavy atom. The van der Waals surface area contributed by atoms with Crippen LogP contribution in [-0.2, 0) is 12.0 Å². The summed E-state index contributed by atoms with van der Waals surface area (Å²) in [5, 5.41) is 4.40. The third-order valence-corrected chi connectivity index (χ3v) is 2.54. The second-order valence-electron chi connectivity index (χ2n) is 4.03. The summed E-state index contributed by atoms with van der Waals surface area (Å²) in [6.07, 6.45) is 1.23. The van der Waals surface area contributed by atoms with Gasteiger partial charge in [-0.2, -0.15) is 5.10 Å². The van der Waals surface area contributed by atoms with Gasteiger partial charge in [0, 0.05) is 17.7 Å². The molecule has 0 amide bonds. The average Bonchev–Trinajstić information content (AvgIpc) is 2.35. The van der Waals surface area contributed by atoms with Gasteiger partial charge >= 0.3 is 0 Å². The number of aromatic nitrogens is 2. The predicted octanol–water partition coefficient (Wildman–Crippen LogP) is 1.87. The average molecular weight is 150 g/mol. The van der Waals surface area contributed by atoms with Gasteiger partial charge < -0.3 is 0 Å². The van der Waals surface area contributed by atoms with Gasteiger partial charge in [0.25, 0.3) is 0 Å². The molecule has 2 heteroatoms. The minimum atomic E-state index is 0.348. The van der Waals surface area contributed by atoms with E-state index in [2.05, 4.69) is 36.6 Å². The van der Waals surface area contributed by atoms with Crippen molar-refractivity contribution in [3.8, 4) is 0 Å². The van der Waals surface area contributed by atoms with Crippen LogP contribution in [0.2, 0.25) is 0 Å². The Hall–Kier alpha value is -0.790. The van der Waals surface area contributed by atoms with E-state index in [0.29, 0.717) is 5.41 Å². The molecular formula is C9H14N2. The van der Waals surface area contributed by atoms with Crippen LogP contribution in [0.3, 0.4) is 0 Å². The molecule has 0 fully saturated rings. The van der Waals surface area contributed by atoms with Crippen molar-refractivity contribution in [2.75, 3.05) is 0 Å². The molecule has 2 rings (SSSR count). The number of rotatable bonds is 0. The highest BCUT2D eigenvalue weighted by atomic mass is 15.3. The van der Waals surface area contributed by atoms with Crippen LogP contribution >= 0.6 is 0 Å². The Morgan fingerprint density at radius 3 is 2.91 bits per heavy atom. The standard InChI is InChI=1S/C9H14N2/c1-7-6-8-9(2,3)4-5-11(8)10-7/h6H,4-5H2,1-3H3. The fourth-order valence-corrected chi connectivity index (χ4v) is 1.77. The van der Waals surface area contributed by atoms with Crippen LogP contribution in [-0.4, -0.2) is 9.78 Å². The highest BCUT2D eigenvalue weighted by molar-refractivity contribution is 5.21. The van der Waals surface area contributed by atoms with Crippen LogP contribution in [0, 0.1) is 6.92 Å². The SMILES string of the molecule is Cc1cc2n(n1)CCC2(C)C. The molecule has 0 spiro atoms. The summed E-state index contributed by atoms with van der Waals surface area (Å²) in [6, 6.07) is 2.20. The third-order valence-electron chi connectivity index (χ3n) is 2.54. The summed E-state index contributed by atoms with van der Waals surface area (Å²) in [5.74, 6) is 0. The summed E-state index contributed by atoms with van der Waals surface area (Å²) in [5.41, 5.74) is 2.89. The highest BCUT2D eigenvalue weighted by Gasteiger charge is 2.30. The molecule has 0 aromatic carbocycles. The van der Waals surface area contributed by atoms with Crippen LogP contribution in [0.15, 0.2) is 6.07 Å². The Balaban J connectivity index is 2.54. The molecule has 0 aliphatic carbocycles. The molecular weight excluding hydrogens is 136 g/mol. The van der Waals surface area contributed by atoms with Crippen molar-refractivity contribution in [1.29, 1.82) is 0 Å². The second-order valence-corrected chi connectivity index (χ2v) is 4.03. The molecule has 0 unspecified atom stereocenters. The summed E-state index contributed by atoms with van der Waals surface area (Å²) >= 11 is 0. The van der Waals surface area contributed by atoms with Gasteiger partial charge in [-0.15, -0.1) is 0 Å². The Bertz CT molecular complexity index is 284. The van der Waals surface area contributed by atoms with Crippen LogP contribution < -0.4 is 0 Å². The maximum atomic E-state index is 4.40. The fourth-order valence-electron chi connectivity index (χ4n) is 1.77. The van der Waals surface area contributed by atoms with E-state index in [1.165, 1.54) is 12.1 Å². The molecule has 11 heavy (non-hydrogen) atoms. The Morgan fingerprint density at radius 2 is 2.27 bits per heavy atom. The topological polar surface area (TPSA) is 17.8 Å². The minimum absolute atomic E-state index is 0.348. The molecule has 60 valence electrons. The molecule has 0 N–H and O–H groups in total. The van der Waals surface area contributed by atoms with Crippen molar-refractivity contribution in [3.63, 3.8) is 0 Å². The molecule has 0 saturated carbocycles. The molecule has 0 atom stereocenters. The van der Waals surface area contributed by atoms with Gasteiger partial charge in [-0.05, 0) is 19.4 Å². The lowest BCUT2D eigenvalue weighted by Gasteiger charge is -2.14. The van der Waals surface area contributed by atoms with Crippen LogP contribution in [0.5, 0.6) is 0 Å². The van der Waals surface area contributed by atoms with Crippen molar-refractivity contribution in [2.45, 2.75) is 39.2 Å². The first-order chi connectivity index (χ1) is 5.09. The molecule has 2 nitrogen and oxygen atoms in total. The predicted molar refractivity (Wildman–Crippen MR) is 44.6 cm³/mol. The maximum Gasteiger partial charge on any atom is 0.0596 e. The monoisotopic (exact) mass is 150 g/mol. The summed E-state index contributed by atoms with van der Waals surface area (Å²) in [7, 11) is 0. The number of hydrogen-bond donors (Lipinski definition) is 0. The normalized spacial score (nSPS) is 20.3. The molecule has 0 saturated heterocycles. The number of aryl methyl sites for hydroxylation is 2. The van der Waals surface area contributed by atoms with Crippen LogP contribution in [0.4, 0.5) is 0 Å². The van der Waals surface area contributed by atoms with E-state index in [4.69, 9.17) is 0 Å². The maximum absolute atomic E-state index is 4.40. The summed E-state index contributed by atoms with van der Waals surface area (Å²) < 4.78 is 2.13. The molecule has 1 aromatic heterocycles. The smallest absolute Gasteiger partial charge is 0.0596 e. The lowest BCUT2D eigenvalue weighted by Crippen LogP contribution is -2.11. The molecule has 2 heterocycles. The first-order valence-corrected chi connectivity index (χ1v) is 4.14.